The van der Waals surface area contributed by atoms with Crippen LogP contribution in [0.5, 0.6) is 5.75 Å². The molecule has 0 aliphatic heterocycles. The number of phenols is 1. The maximum atomic E-state index is 12.2. The van der Waals surface area contributed by atoms with E-state index in [-0.39, 0.29) is 11.3 Å². The first-order chi connectivity index (χ1) is 9.38. The molecule has 0 bridgehead atoms. The molecule has 0 saturated heterocycles. The van der Waals surface area contributed by atoms with Crippen molar-refractivity contribution in [2.75, 3.05) is 5.32 Å². The Morgan fingerprint density at radius 3 is 2.60 bits per heavy atom. The van der Waals surface area contributed by atoms with E-state index in [2.05, 4.69) is 37.2 Å². The van der Waals surface area contributed by atoms with E-state index in [4.69, 9.17) is 11.6 Å². The summed E-state index contributed by atoms with van der Waals surface area (Å²) in [6.07, 6.45) is 0. The number of amides is 1. The normalized spacial score (nSPS) is 10.4. The molecule has 20 heavy (non-hydrogen) atoms. The van der Waals surface area contributed by atoms with Crippen LogP contribution in [0, 0.1) is 6.92 Å². The summed E-state index contributed by atoms with van der Waals surface area (Å²) in [6.45, 7) is 1.88. The van der Waals surface area contributed by atoms with Crippen LogP contribution in [0.15, 0.2) is 39.3 Å². The van der Waals surface area contributed by atoms with E-state index in [9.17, 15) is 9.90 Å². The molecular formula is C14H10Br2ClNO2. The molecule has 0 heterocycles. The van der Waals surface area contributed by atoms with E-state index in [1.807, 2.05) is 13.0 Å². The summed E-state index contributed by atoms with van der Waals surface area (Å²) in [5.41, 5.74) is 1.67. The second-order valence-electron chi connectivity index (χ2n) is 4.20. The SMILES string of the molecule is Cc1ccc(NC(=O)c2cc(Br)cc(Br)c2O)cc1Cl. The maximum Gasteiger partial charge on any atom is 0.259 e. The highest BCUT2D eigenvalue weighted by molar-refractivity contribution is 9.11. The molecule has 0 aliphatic rings. The van der Waals surface area contributed by atoms with Crippen molar-refractivity contribution in [1.82, 2.24) is 0 Å². The summed E-state index contributed by atoms with van der Waals surface area (Å²) in [4.78, 5) is 12.2. The Morgan fingerprint density at radius 2 is 1.95 bits per heavy atom. The van der Waals surface area contributed by atoms with Crippen molar-refractivity contribution in [1.29, 1.82) is 0 Å². The van der Waals surface area contributed by atoms with Gasteiger partial charge in [-0.25, -0.2) is 0 Å². The number of carbonyl (C=O) groups excluding carboxylic acids is 1. The Morgan fingerprint density at radius 1 is 1.25 bits per heavy atom. The number of hydrogen-bond acceptors (Lipinski definition) is 2. The molecule has 2 N–H and O–H groups in total. The Kier molecular flexibility index (Phi) is 4.73. The molecule has 0 atom stereocenters. The molecule has 0 fully saturated rings. The highest BCUT2D eigenvalue weighted by atomic mass is 79.9. The number of hydrogen-bond donors (Lipinski definition) is 2. The number of halogens is 3. The standard InChI is InChI=1S/C14H10Br2ClNO2/c1-7-2-3-9(6-12(7)17)18-14(20)10-4-8(15)5-11(16)13(10)19/h2-6,19H,1H3,(H,18,20). The van der Waals surface area contributed by atoms with Crippen LogP contribution in [-0.2, 0) is 0 Å². The lowest BCUT2D eigenvalue weighted by molar-refractivity contribution is 0.102. The topological polar surface area (TPSA) is 49.3 Å². The number of phenolic OH excluding ortho intramolecular Hbond substituents is 1. The molecule has 0 saturated carbocycles. The van der Waals surface area contributed by atoms with E-state index in [0.717, 1.165) is 5.56 Å². The number of nitrogens with one attached hydrogen (secondary N) is 1. The molecule has 2 rings (SSSR count). The van der Waals surface area contributed by atoms with Gasteiger partial charge in [-0.15, -0.1) is 0 Å². The Bertz CT molecular complexity index is 689. The van der Waals surface area contributed by atoms with E-state index in [1.54, 1.807) is 24.3 Å². The maximum absolute atomic E-state index is 12.2. The molecule has 0 spiro atoms. The van der Waals surface area contributed by atoms with Gasteiger partial charge in [0.1, 0.15) is 5.75 Å². The fourth-order valence-electron chi connectivity index (χ4n) is 1.61. The largest absolute Gasteiger partial charge is 0.506 e. The van der Waals surface area contributed by atoms with Crippen molar-refractivity contribution in [3.8, 4) is 5.75 Å². The zero-order valence-corrected chi connectivity index (χ0v) is 14.3. The molecule has 3 nitrogen and oxygen atoms in total. The van der Waals surface area contributed by atoms with Crippen molar-refractivity contribution < 1.29 is 9.90 Å². The molecule has 2 aromatic rings. The van der Waals surface area contributed by atoms with Gasteiger partial charge >= 0.3 is 0 Å². The smallest absolute Gasteiger partial charge is 0.259 e. The van der Waals surface area contributed by atoms with E-state index in [0.29, 0.717) is 19.7 Å². The Labute approximate surface area is 138 Å². The summed E-state index contributed by atoms with van der Waals surface area (Å²) < 4.78 is 1.13. The van der Waals surface area contributed by atoms with Crippen LogP contribution in [0.25, 0.3) is 0 Å². The number of anilines is 1. The average Bonchev–Trinajstić information content (AvgIpc) is 2.38. The van der Waals surface area contributed by atoms with Crippen molar-refractivity contribution in [3.63, 3.8) is 0 Å². The van der Waals surface area contributed by atoms with Gasteiger partial charge in [0, 0.05) is 15.2 Å². The first-order valence-corrected chi connectivity index (χ1v) is 7.60. The third-order valence-corrected chi connectivity index (χ3v) is 4.17. The first kappa shape index (κ1) is 15.4. The van der Waals surface area contributed by atoms with Gasteiger partial charge in [-0.3, -0.25) is 4.79 Å². The number of aryl methyl sites for hydroxylation is 1. The van der Waals surface area contributed by atoms with Gasteiger partial charge in [0.15, 0.2) is 0 Å². The number of rotatable bonds is 2. The van der Waals surface area contributed by atoms with Gasteiger partial charge in [0.05, 0.1) is 10.0 Å². The zero-order chi connectivity index (χ0) is 14.9. The van der Waals surface area contributed by atoms with Crippen molar-refractivity contribution >= 4 is 55.1 Å². The van der Waals surface area contributed by atoms with Crippen LogP contribution >= 0.6 is 43.5 Å². The molecule has 6 heteroatoms. The molecule has 1 amide bonds. The van der Waals surface area contributed by atoms with Crippen LogP contribution in [-0.4, -0.2) is 11.0 Å². The molecule has 0 radical (unpaired) electrons. The minimum Gasteiger partial charge on any atom is -0.506 e. The molecule has 0 aromatic heterocycles. The molecule has 104 valence electrons. The average molecular weight is 420 g/mol. The van der Waals surface area contributed by atoms with Crippen LogP contribution in [0.4, 0.5) is 5.69 Å². The molecular weight excluding hydrogens is 409 g/mol. The van der Waals surface area contributed by atoms with Crippen LogP contribution in [0.2, 0.25) is 5.02 Å². The first-order valence-electron chi connectivity index (χ1n) is 5.64. The van der Waals surface area contributed by atoms with Gasteiger partial charge in [-0.2, -0.15) is 0 Å². The van der Waals surface area contributed by atoms with Crippen molar-refractivity contribution in [2.45, 2.75) is 6.92 Å². The highest BCUT2D eigenvalue weighted by Gasteiger charge is 2.15. The lowest BCUT2D eigenvalue weighted by Gasteiger charge is -2.09. The number of aromatic hydroxyl groups is 1. The Hall–Kier alpha value is -1.04. The molecule has 2 aromatic carbocycles. The van der Waals surface area contributed by atoms with Gasteiger partial charge in [0.25, 0.3) is 5.91 Å². The van der Waals surface area contributed by atoms with Gasteiger partial charge < -0.3 is 10.4 Å². The van der Waals surface area contributed by atoms with E-state index >= 15 is 0 Å². The lowest BCUT2D eigenvalue weighted by atomic mass is 10.1. The third-order valence-electron chi connectivity index (χ3n) is 2.70. The predicted molar refractivity (Wildman–Crippen MR) is 87.6 cm³/mol. The van der Waals surface area contributed by atoms with Crippen LogP contribution in [0.3, 0.4) is 0 Å². The monoisotopic (exact) mass is 417 g/mol. The fourth-order valence-corrected chi connectivity index (χ4v) is 3.01. The number of benzene rings is 2. The van der Waals surface area contributed by atoms with Crippen LogP contribution < -0.4 is 5.32 Å². The third kappa shape index (κ3) is 3.34. The van der Waals surface area contributed by atoms with Gasteiger partial charge in [-0.1, -0.05) is 33.6 Å². The minimum absolute atomic E-state index is 0.107. The van der Waals surface area contributed by atoms with E-state index in [1.165, 1.54) is 0 Å². The second-order valence-corrected chi connectivity index (χ2v) is 6.38. The summed E-state index contributed by atoms with van der Waals surface area (Å²) in [5, 5.41) is 13.2. The van der Waals surface area contributed by atoms with E-state index < -0.39 is 5.91 Å². The summed E-state index contributed by atoms with van der Waals surface area (Å²) in [5.74, 6) is -0.520. The predicted octanol–water partition coefficient (Wildman–Crippen LogP) is 5.13. The molecule has 0 unspecified atom stereocenters. The second kappa shape index (κ2) is 6.16. The Balaban J connectivity index is 2.30. The highest BCUT2D eigenvalue weighted by Crippen LogP contribution is 2.32. The summed E-state index contributed by atoms with van der Waals surface area (Å²) >= 11 is 12.5. The molecule has 0 aliphatic carbocycles. The zero-order valence-electron chi connectivity index (χ0n) is 10.4. The minimum atomic E-state index is -0.413. The number of carbonyl (C=O) groups is 1. The summed E-state index contributed by atoms with van der Waals surface area (Å²) in [7, 11) is 0. The van der Waals surface area contributed by atoms with Crippen molar-refractivity contribution in [2.24, 2.45) is 0 Å². The quantitative estimate of drug-likeness (QED) is 0.709. The van der Waals surface area contributed by atoms with Gasteiger partial charge in [-0.05, 0) is 52.7 Å². The summed E-state index contributed by atoms with van der Waals surface area (Å²) in [6, 6.07) is 8.44. The van der Waals surface area contributed by atoms with Crippen LogP contribution in [0.1, 0.15) is 15.9 Å². The lowest BCUT2D eigenvalue weighted by Crippen LogP contribution is -2.12. The van der Waals surface area contributed by atoms with Crippen molar-refractivity contribution in [3.05, 3.63) is 55.4 Å². The van der Waals surface area contributed by atoms with Gasteiger partial charge in [0.2, 0.25) is 0 Å². The fraction of sp³-hybridized carbons (Fsp3) is 0.0714.